The lowest BCUT2D eigenvalue weighted by atomic mass is 10.0. The normalized spacial score (nSPS) is 13.9. The number of carbonyl (C=O) groups is 3. The fourth-order valence-electron chi connectivity index (χ4n) is 6.32. The molecule has 0 fully saturated rings. The molecule has 0 aliphatic heterocycles. The van der Waals surface area contributed by atoms with Gasteiger partial charge in [-0.3, -0.25) is 23.4 Å². The van der Waals surface area contributed by atoms with Gasteiger partial charge in [0.1, 0.15) is 12.6 Å². The third-order valence-electron chi connectivity index (χ3n) is 9.95. The lowest BCUT2D eigenvalue weighted by molar-refractivity contribution is -0.161. The minimum absolute atomic E-state index is 0.165. The summed E-state index contributed by atoms with van der Waals surface area (Å²) < 4.78 is 32.7. The Morgan fingerprint density at radius 3 is 1.42 bits per heavy atom. The zero-order valence-corrected chi connectivity index (χ0v) is 37.1. The second-order valence-electron chi connectivity index (χ2n) is 15.5. The monoisotopic (exact) mass is 830 g/mol. The predicted octanol–water partition coefficient (Wildman–Crippen LogP) is 12.2. The molecule has 0 aliphatic rings. The maximum Gasteiger partial charge on any atom is 0.472 e. The van der Waals surface area contributed by atoms with Crippen molar-refractivity contribution in [2.75, 3.05) is 19.8 Å². The number of phosphoric ester groups is 1. The first-order valence-electron chi connectivity index (χ1n) is 22.9. The van der Waals surface area contributed by atoms with E-state index in [0.29, 0.717) is 12.8 Å². The van der Waals surface area contributed by atoms with Gasteiger partial charge in [0.2, 0.25) is 0 Å². The van der Waals surface area contributed by atoms with E-state index in [9.17, 15) is 23.8 Å². The summed E-state index contributed by atoms with van der Waals surface area (Å²) in [5.41, 5.74) is 5.34. The Balaban J connectivity index is 4.30. The molecular weight excluding hydrogens is 745 g/mol. The third kappa shape index (κ3) is 40.5. The van der Waals surface area contributed by atoms with E-state index in [4.69, 9.17) is 24.8 Å². The second kappa shape index (κ2) is 40.7. The van der Waals surface area contributed by atoms with Crippen LogP contribution in [0.1, 0.15) is 213 Å². The highest BCUT2D eigenvalue weighted by molar-refractivity contribution is 7.47. The molecule has 0 aromatic carbocycles. The van der Waals surface area contributed by atoms with E-state index in [1.54, 1.807) is 0 Å². The van der Waals surface area contributed by atoms with E-state index in [1.165, 1.54) is 122 Å². The van der Waals surface area contributed by atoms with Crippen LogP contribution in [0.4, 0.5) is 0 Å². The molecule has 334 valence electrons. The molecule has 4 N–H and O–H groups in total. The smallest absolute Gasteiger partial charge is 0.472 e. The standard InChI is InChI=1S/C45H84NO10P/c1-3-5-7-9-11-13-15-17-19-20-21-23-24-26-28-30-32-34-36-43(47)53-38-41(39-54-57(51,52)55-40-42(46)45(49)50)56-44(48)37-35-33-31-29-27-25-22-18-16-14-12-10-8-6-4-2/h9,11,15,17,41-42H,3-8,10,12-14,16,18-40,46H2,1-2H3,(H,49,50)(H,51,52)/b11-9-,17-15-/t41-,42+/m1/s1. The van der Waals surface area contributed by atoms with Crippen LogP contribution in [0.25, 0.3) is 0 Å². The topological polar surface area (TPSA) is 172 Å². The van der Waals surface area contributed by atoms with Crippen molar-refractivity contribution in [3.05, 3.63) is 24.3 Å². The molecule has 12 heteroatoms. The predicted molar refractivity (Wildman–Crippen MR) is 231 cm³/mol. The highest BCUT2D eigenvalue weighted by atomic mass is 31.2. The molecule has 0 aliphatic carbocycles. The Kier molecular flexibility index (Phi) is 39.3. The lowest BCUT2D eigenvalue weighted by Gasteiger charge is -2.20. The number of esters is 2. The molecule has 0 amide bonds. The number of hydrogen-bond donors (Lipinski definition) is 3. The minimum atomic E-state index is -4.71. The maximum absolute atomic E-state index is 12.6. The third-order valence-corrected chi connectivity index (χ3v) is 10.9. The van der Waals surface area contributed by atoms with Gasteiger partial charge in [-0.15, -0.1) is 0 Å². The molecule has 0 radical (unpaired) electrons. The van der Waals surface area contributed by atoms with Gasteiger partial charge in [-0.05, 0) is 38.5 Å². The van der Waals surface area contributed by atoms with Gasteiger partial charge in [0, 0.05) is 12.8 Å². The first-order valence-corrected chi connectivity index (χ1v) is 24.4. The second-order valence-corrected chi connectivity index (χ2v) is 17.0. The number of rotatable bonds is 43. The van der Waals surface area contributed by atoms with E-state index in [2.05, 4.69) is 42.7 Å². The zero-order chi connectivity index (χ0) is 42.1. The molecule has 0 aromatic rings. The maximum atomic E-state index is 12.6. The van der Waals surface area contributed by atoms with Crippen molar-refractivity contribution in [2.24, 2.45) is 5.73 Å². The summed E-state index contributed by atoms with van der Waals surface area (Å²) in [6.07, 6.45) is 42.3. The van der Waals surface area contributed by atoms with Crippen LogP contribution < -0.4 is 5.73 Å². The molecule has 0 bridgehead atoms. The van der Waals surface area contributed by atoms with Crippen molar-refractivity contribution in [3.63, 3.8) is 0 Å². The van der Waals surface area contributed by atoms with Crippen molar-refractivity contribution >= 4 is 25.7 Å². The van der Waals surface area contributed by atoms with Gasteiger partial charge in [-0.2, -0.15) is 0 Å². The van der Waals surface area contributed by atoms with Crippen molar-refractivity contribution in [2.45, 2.75) is 225 Å². The molecule has 0 saturated heterocycles. The summed E-state index contributed by atoms with van der Waals surface area (Å²) in [6.45, 7) is 2.78. The summed E-state index contributed by atoms with van der Waals surface area (Å²) in [7, 11) is -4.71. The molecule has 0 aromatic heterocycles. The number of hydrogen-bond acceptors (Lipinski definition) is 9. The Bertz CT molecular complexity index is 1070. The fourth-order valence-corrected chi connectivity index (χ4v) is 7.10. The molecule has 0 spiro atoms. The highest BCUT2D eigenvalue weighted by Gasteiger charge is 2.28. The number of aliphatic carboxylic acids is 1. The number of carboxylic acids is 1. The average molecular weight is 830 g/mol. The number of ether oxygens (including phenoxy) is 2. The molecule has 1 unspecified atom stereocenters. The summed E-state index contributed by atoms with van der Waals surface area (Å²) in [5.74, 6) is -2.37. The van der Waals surface area contributed by atoms with Gasteiger partial charge < -0.3 is 25.2 Å². The van der Waals surface area contributed by atoms with E-state index in [-0.39, 0.29) is 19.4 Å². The molecule has 0 rings (SSSR count). The van der Waals surface area contributed by atoms with Crippen LogP contribution in [0.3, 0.4) is 0 Å². The molecule has 11 nitrogen and oxygen atoms in total. The van der Waals surface area contributed by atoms with Gasteiger partial charge >= 0.3 is 25.7 Å². The van der Waals surface area contributed by atoms with Gasteiger partial charge in [0.05, 0.1) is 13.2 Å². The van der Waals surface area contributed by atoms with E-state index in [1.807, 2.05) is 0 Å². The van der Waals surface area contributed by atoms with Crippen LogP contribution in [-0.2, 0) is 37.5 Å². The van der Waals surface area contributed by atoms with Crippen molar-refractivity contribution in [1.29, 1.82) is 0 Å². The van der Waals surface area contributed by atoms with Gasteiger partial charge in [-0.25, -0.2) is 4.57 Å². The van der Waals surface area contributed by atoms with Crippen LogP contribution >= 0.6 is 7.82 Å². The number of carboxylic acid groups (broad SMARTS) is 1. The van der Waals surface area contributed by atoms with Gasteiger partial charge in [-0.1, -0.05) is 186 Å². The summed E-state index contributed by atoms with van der Waals surface area (Å²) >= 11 is 0. The fraction of sp³-hybridized carbons (Fsp3) is 0.844. The largest absolute Gasteiger partial charge is 0.480 e. The number of phosphoric acid groups is 1. The van der Waals surface area contributed by atoms with Crippen LogP contribution in [-0.4, -0.2) is 59.9 Å². The quantitative estimate of drug-likeness (QED) is 0.0231. The van der Waals surface area contributed by atoms with Crippen molar-refractivity contribution in [3.8, 4) is 0 Å². The Morgan fingerprint density at radius 1 is 0.544 bits per heavy atom. The SMILES string of the molecule is CCCC/C=C\C/C=C\CCCCCCCCCCCC(=O)OC[C@H](COP(=O)(O)OC[C@H](N)C(=O)O)OC(=O)CCCCCCCCCCCCCCCCC. The van der Waals surface area contributed by atoms with Gasteiger partial charge in [0.15, 0.2) is 6.10 Å². The lowest BCUT2D eigenvalue weighted by Crippen LogP contribution is -2.34. The Morgan fingerprint density at radius 2 is 0.947 bits per heavy atom. The Labute approximate surface area is 347 Å². The Hall–Kier alpha value is -2.04. The van der Waals surface area contributed by atoms with Crippen LogP contribution in [0.2, 0.25) is 0 Å². The van der Waals surface area contributed by atoms with Crippen LogP contribution in [0, 0.1) is 0 Å². The van der Waals surface area contributed by atoms with E-state index in [0.717, 1.165) is 51.4 Å². The van der Waals surface area contributed by atoms with Gasteiger partial charge in [0.25, 0.3) is 0 Å². The van der Waals surface area contributed by atoms with Crippen molar-refractivity contribution in [1.82, 2.24) is 0 Å². The number of unbranched alkanes of at least 4 members (excludes halogenated alkanes) is 25. The number of carbonyl (C=O) groups excluding carboxylic acids is 2. The number of nitrogens with two attached hydrogens (primary N) is 1. The van der Waals surface area contributed by atoms with Crippen LogP contribution in [0.5, 0.6) is 0 Å². The summed E-state index contributed by atoms with van der Waals surface area (Å²) in [6, 6.07) is -1.52. The molecule has 0 saturated carbocycles. The van der Waals surface area contributed by atoms with Crippen LogP contribution in [0.15, 0.2) is 24.3 Å². The zero-order valence-electron chi connectivity index (χ0n) is 36.2. The number of allylic oxidation sites excluding steroid dienone is 4. The molecule has 0 heterocycles. The molecule has 3 atom stereocenters. The molecular formula is C45H84NO10P. The van der Waals surface area contributed by atoms with E-state index < -0.39 is 51.1 Å². The summed E-state index contributed by atoms with van der Waals surface area (Å²) in [5, 5.41) is 8.89. The minimum Gasteiger partial charge on any atom is -0.480 e. The molecule has 57 heavy (non-hydrogen) atoms. The van der Waals surface area contributed by atoms with Crippen molar-refractivity contribution < 1.29 is 47.5 Å². The average Bonchev–Trinajstić information content (AvgIpc) is 3.19. The first kappa shape index (κ1) is 55.0. The van der Waals surface area contributed by atoms with E-state index >= 15 is 0 Å². The highest BCUT2D eigenvalue weighted by Crippen LogP contribution is 2.43. The summed E-state index contributed by atoms with van der Waals surface area (Å²) in [4.78, 5) is 46.0. The first-order chi connectivity index (χ1) is 27.6.